The lowest BCUT2D eigenvalue weighted by Gasteiger charge is -2.21. The topological polar surface area (TPSA) is 28.2 Å². The molecule has 3 heteroatoms. The maximum atomic E-state index is 4.53. The van der Waals surface area contributed by atoms with Gasteiger partial charge in [0, 0.05) is 6.20 Å². The van der Waals surface area contributed by atoms with Gasteiger partial charge in [0.25, 0.3) is 0 Å². The molecule has 0 aliphatic heterocycles. The molecule has 0 aliphatic carbocycles. The highest BCUT2D eigenvalue weighted by Crippen LogP contribution is 2.19. The summed E-state index contributed by atoms with van der Waals surface area (Å²) in [5, 5.41) is 3.67. The van der Waals surface area contributed by atoms with Crippen LogP contribution in [-0.2, 0) is 0 Å². The standard InChI is InChI=1S/C19H27N3/c1-3-22(4-2)16-10-15-21-19(17-11-6-5-7-12-17)18-13-8-9-14-20-18/h5-9,11-14,19,21H,3-4,10,15-16H2,1-2H3. The first-order chi connectivity index (χ1) is 10.8. The van der Waals surface area contributed by atoms with E-state index in [0.717, 1.165) is 38.3 Å². The van der Waals surface area contributed by atoms with Gasteiger partial charge < -0.3 is 10.2 Å². The number of hydrogen-bond donors (Lipinski definition) is 1. The van der Waals surface area contributed by atoms with Gasteiger partial charge in [0.05, 0.1) is 11.7 Å². The summed E-state index contributed by atoms with van der Waals surface area (Å²) in [6.07, 6.45) is 3.01. The van der Waals surface area contributed by atoms with Gasteiger partial charge in [-0.1, -0.05) is 50.2 Å². The molecule has 2 aromatic rings. The van der Waals surface area contributed by atoms with Crippen molar-refractivity contribution in [3.63, 3.8) is 0 Å². The molecular weight excluding hydrogens is 270 g/mol. The quantitative estimate of drug-likeness (QED) is 0.718. The minimum atomic E-state index is 0.166. The Hall–Kier alpha value is -1.71. The lowest BCUT2D eigenvalue weighted by Crippen LogP contribution is -2.29. The molecule has 1 atom stereocenters. The summed E-state index contributed by atoms with van der Waals surface area (Å²) in [6, 6.07) is 16.8. The summed E-state index contributed by atoms with van der Waals surface area (Å²) in [5.74, 6) is 0. The van der Waals surface area contributed by atoms with E-state index in [0.29, 0.717) is 0 Å². The number of rotatable bonds is 9. The van der Waals surface area contributed by atoms with Gasteiger partial charge in [0.1, 0.15) is 0 Å². The number of aromatic nitrogens is 1. The molecule has 22 heavy (non-hydrogen) atoms. The minimum absolute atomic E-state index is 0.166. The molecule has 3 nitrogen and oxygen atoms in total. The van der Waals surface area contributed by atoms with Gasteiger partial charge in [0.15, 0.2) is 0 Å². The number of benzene rings is 1. The van der Waals surface area contributed by atoms with Gasteiger partial charge in [-0.2, -0.15) is 0 Å². The Balaban J connectivity index is 1.98. The van der Waals surface area contributed by atoms with Crippen molar-refractivity contribution in [3.8, 4) is 0 Å². The van der Waals surface area contributed by atoms with Crippen LogP contribution >= 0.6 is 0 Å². The normalized spacial score (nSPS) is 12.5. The van der Waals surface area contributed by atoms with E-state index in [1.165, 1.54) is 5.56 Å². The van der Waals surface area contributed by atoms with E-state index in [1.54, 1.807) is 0 Å². The zero-order valence-electron chi connectivity index (χ0n) is 13.7. The van der Waals surface area contributed by atoms with E-state index in [1.807, 2.05) is 12.3 Å². The highest BCUT2D eigenvalue weighted by atomic mass is 15.1. The Bertz CT molecular complexity index is 469. The van der Waals surface area contributed by atoms with Crippen LogP contribution in [0.25, 0.3) is 0 Å². The highest BCUT2D eigenvalue weighted by Gasteiger charge is 2.14. The number of pyridine rings is 1. The zero-order valence-corrected chi connectivity index (χ0v) is 13.7. The lowest BCUT2D eigenvalue weighted by atomic mass is 10.0. The van der Waals surface area contributed by atoms with E-state index >= 15 is 0 Å². The second-order valence-corrected chi connectivity index (χ2v) is 5.43. The van der Waals surface area contributed by atoms with Crippen LogP contribution in [0, 0.1) is 0 Å². The molecule has 1 N–H and O–H groups in total. The first-order valence-corrected chi connectivity index (χ1v) is 8.26. The molecular formula is C19H27N3. The predicted molar refractivity (Wildman–Crippen MR) is 92.9 cm³/mol. The molecule has 0 bridgehead atoms. The van der Waals surface area contributed by atoms with Crippen LogP contribution in [0.15, 0.2) is 54.7 Å². The molecule has 0 amide bonds. The van der Waals surface area contributed by atoms with Crippen molar-refractivity contribution in [1.82, 2.24) is 15.2 Å². The number of nitrogens with one attached hydrogen (secondary N) is 1. The fourth-order valence-corrected chi connectivity index (χ4v) is 2.67. The van der Waals surface area contributed by atoms with E-state index in [2.05, 4.69) is 71.5 Å². The third-order valence-electron chi connectivity index (χ3n) is 4.01. The summed E-state index contributed by atoms with van der Waals surface area (Å²) in [4.78, 5) is 6.99. The SMILES string of the molecule is CCN(CC)CCCNC(c1ccccc1)c1ccccn1. The molecule has 2 rings (SSSR count). The molecule has 1 aromatic carbocycles. The summed E-state index contributed by atoms with van der Waals surface area (Å²) in [5.41, 5.74) is 2.35. The highest BCUT2D eigenvalue weighted by molar-refractivity contribution is 5.27. The van der Waals surface area contributed by atoms with Gasteiger partial charge in [0.2, 0.25) is 0 Å². The Morgan fingerprint density at radius 2 is 1.73 bits per heavy atom. The second kappa shape index (κ2) is 9.34. The third-order valence-corrected chi connectivity index (χ3v) is 4.01. The number of hydrogen-bond acceptors (Lipinski definition) is 3. The molecule has 0 spiro atoms. The van der Waals surface area contributed by atoms with E-state index in [9.17, 15) is 0 Å². The van der Waals surface area contributed by atoms with Gasteiger partial charge >= 0.3 is 0 Å². The van der Waals surface area contributed by atoms with Crippen LogP contribution in [0.1, 0.15) is 37.6 Å². The van der Waals surface area contributed by atoms with E-state index < -0.39 is 0 Å². The second-order valence-electron chi connectivity index (χ2n) is 5.43. The first-order valence-electron chi connectivity index (χ1n) is 8.26. The Morgan fingerprint density at radius 3 is 2.36 bits per heavy atom. The Morgan fingerprint density at radius 1 is 1.00 bits per heavy atom. The van der Waals surface area contributed by atoms with Crippen molar-refractivity contribution in [2.24, 2.45) is 0 Å². The Kier molecular flexibility index (Phi) is 7.07. The van der Waals surface area contributed by atoms with Gasteiger partial charge in [-0.25, -0.2) is 0 Å². The number of nitrogens with zero attached hydrogens (tertiary/aromatic N) is 2. The average Bonchev–Trinajstić information content (AvgIpc) is 2.60. The first kappa shape index (κ1) is 16.7. The van der Waals surface area contributed by atoms with Crippen molar-refractivity contribution in [1.29, 1.82) is 0 Å². The lowest BCUT2D eigenvalue weighted by molar-refractivity contribution is 0.296. The Labute approximate surface area is 134 Å². The minimum Gasteiger partial charge on any atom is -0.305 e. The van der Waals surface area contributed by atoms with Crippen LogP contribution in [0.4, 0.5) is 0 Å². The summed E-state index contributed by atoms with van der Waals surface area (Å²) in [7, 11) is 0. The average molecular weight is 297 g/mol. The maximum absolute atomic E-state index is 4.53. The van der Waals surface area contributed by atoms with Crippen molar-refractivity contribution >= 4 is 0 Å². The predicted octanol–water partition coefficient (Wildman–Crippen LogP) is 3.49. The van der Waals surface area contributed by atoms with Crippen molar-refractivity contribution in [2.75, 3.05) is 26.2 Å². The van der Waals surface area contributed by atoms with Gasteiger partial charge in [-0.15, -0.1) is 0 Å². The van der Waals surface area contributed by atoms with Crippen LogP contribution in [-0.4, -0.2) is 36.1 Å². The van der Waals surface area contributed by atoms with E-state index in [4.69, 9.17) is 0 Å². The molecule has 0 saturated heterocycles. The maximum Gasteiger partial charge on any atom is 0.0751 e. The summed E-state index contributed by atoms with van der Waals surface area (Å²) >= 11 is 0. The molecule has 1 aromatic heterocycles. The molecule has 0 fully saturated rings. The van der Waals surface area contributed by atoms with Crippen molar-refractivity contribution < 1.29 is 0 Å². The van der Waals surface area contributed by atoms with Gasteiger partial charge in [-0.3, -0.25) is 4.98 Å². The molecule has 118 valence electrons. The molecule has 1 unspecified atom stereocenters. The summed E-state index contributed by atoms with van der Waals surface area (Å²) in [6.45, 7) is 8.82. The monoisotopic (exact) mass is 297 g/mol. The zero-order chi connectivity index (χ0) is 15.6. The summed E-state index contributed by atoms with van der Waals surface area (Å²) < 4.78 is 0. The molecule has 0 aliphatic rings. The largest absolute Gasteiger partial charge is 0.305 e. The fraction of sp³-hybridized carbons (Fsp3) is 0.421. The fourth-order valence-electron chi connectivity index (χ4n) is 2.67. The molecule has 1 heterocycles. The van der Waals surface area contributed by atoms with Crippen LogP contribution in [0.5, 0.6) is 0 Å². The van der Waals surface area contributed by atoms with Crippen LogP contribution < -0.4 is 5.32 Å². The van der Waals surface area contributed by atoms with E-state index in [-0.39, 0.29) is 6.04 Å². The molecule has 0 radical (unpaired) electrons. The van der Waals surface area contributed by atoms with Crippen molar-refractivity contribution in [3.05, 3.63) is 66.0 Å². The smallest absolute Gasteiger partial charge is 0.0751 e. The van der Waals surface area contributed by atoms with Crippen LogP contribution in [0.3, 0.4) is 0 Å². The van der Waals surface area contributed by atoms with Crippen LogP contribution in [0.2, 0.25) is 0 Å². The third kappa shape index (κ3) is 4.93. The van der Waals surface area contributed by atoms with Gasteiger partial charge in [-0.05, 0) is 50.3 Å². The molecule has 0 saturated carbocycles. The van der Waals surface area contributed by atoms with Crippen molar-refractivity contribution in [2.45, 2.75) is 26.3 Å².